The lowest BCUT2D eigenvalue weighted by atomic mass is 9.82. The number of benzene rings is 1. The summed E-state index contributed by atoms with van der Waals surface area (Å²) in [6.45, 7) is 2.01. The van der Waals surface area contributed by atoms with Crippen LogP contribution in [0.15, 0.2) is 30.5 Å². The second-order valence-corrected chi connectivity index (χ2v) is 7.64. The number of alkyl halides is 3. The predicted molar refractivity (Wildman–Crippen MR) is 101 cm³/mol. The third-order valence-electron chi connectivity index (χ3n) is 5.25. The lowest BCUT2D eigenvalue weighted by Crippen LogP contribution is -2.43. The molecule has 2 aromatic heterocycles. The number of aromatic amines is 1. The lowest BCUT2D eigenvalue weighted by molar-refractivity contribution is -0.137. The Kier molecular flexibility index (Phi) is 4.49. The first-order chi connectivity index (χ1) is 13.2. The Morgan fingerprint density at radius 1 is 1.18 bits per heavy atom. The highest BCUT2D eigenvalue weighted by Gasteiger charge is 2.37. The van der Waals surface area contributed by atoms with Crippen LogP contribution in [0.3, 0.4) is 0 Å². The second-order valence-electron chi connectivity index (χ2n) is 7.64. The highest BCUT2D eigenvalue weighted by Crippen LogP contribution is 2.38. The van der Waals surface area contributed by atoms with Gasteiger partial charge in [-0.1, -0.05) is 18.2 Å². The minimum Gasteiger partial charge on any atom is -0.351 e. The number of hydrogen-bond donors (Lipinski definition) is 3. The molecule has 3 aromatic rings. The molecule has 0 unspecified atom stereocenters. The average Bonchev–Trinajstić information content (AvgIpc) is 3.06. The molecule has 4 N–H and O–H groups in total. The Morgan fingerprint density at radius 2 is 1.89 bits per heavy atom. The van der Waals surface area contributed by atoms with Crippen LogP contribution in [-0.4, -0.2) is 31.7 Å². The third kappa shape index (κ3) is 3.66. The van der Waals surface area contributed by atoms with Gasteiger partial charge in [0.2, 0.25) is 5.95 Å². The molecule has 0 spiro atoms. The molecule has 1 aliphatic rings. The van der Waals surface area contributed by atoms with Crippen LogP contribution in [0.5, 0.6) is 0 Å². The van der Waals surface area contributed by atoms with Crippen molar-refractivity contribution in [1.82, 2.24) is 20.2 Å². The molecule has 1 aliphatic carbocycles. The number of rotatable bonds is 3. The molecule has 0 radical (unpaired) electrons. The molecule has 1 fully saturated rings. The van der Waals surface area contributed by atoms with Crippen LogP contribution in [0.1, 0.15) is 38.2 Å². The van der Waals surface area contributed by atoms with Gasteiger partial charge in [-0.3, -0.25) is 5.10 Å². The zero-order valence-corrected chi connectivity index (χ0v) is 15.3. The Balaban J connectivity index is 1.71. The number of nitrogens with one attached hydrogen (secondary N) is 2. The van der Waals surface area contributed by atoms with E-state index < -0.39 is 11.7 Å². The molecule has 2 heterocycles. The molecule has 9 heteroatoms. The molecule has 0 aliphatic heterocycles. The van der Waals surface area contributed by atoms with Gasteiger partial charge in [-0.05, 0) is 38.7 Å². The second kappa shape index (κ2) is 6.73. The van der Waals surface area contributed by atoms with Crippen LogP contribution in [0.4, 0.5) is 19.1 Å². The summed E-state index contributed by atoms with van der Waals surface area (Å²) >= 11 is 0. The largest absolute Gasteiger partial charge is 0.420 e. The van der Waals surface area contributed by atoms with Crippen molar-refractivity contribution in [3.05, 3.63) is 36.0 Å². The van der Waals surface area contributed by atoms with Crippen molar-refractivity contribution in [2.75, 3.05) is 5.32 Å². The fraction of sp³-hybridized carbons (Fsp3) is 0.421. The van der Waals surface area contributed by atoms with Gasteiger partial charge in [0.25, 0.3) is 0 Å². The van der Waals surface area contributed by atoms with Crippen molar-refractivity contribution >= 4 is 16.9 Å². The first-order valence-electron chi connectivity index (χ1n) is 9.16. The van der Waals surface area contributed by atoms with Crippen LogP contribution in [0.2, 0.25) is 0 Å². The van der Waals surface area contributed by atoms with Crippen LogP contribution < -0.4 is 11.1 Å². The molecule has 148 valence electrons. The smallest absolute Gasteiger partial charge is 0.351 e. The van der Waals surface area contributed by atoms with Gasteiger partial charge in [0.05, 0.1) is 5.52 Å². The summed E-state index contributed by atoms with van der Waals surface area (Å²) in [6.07, 6.45) is -0.454. The minimum absolute atomic E-state index is 0.0807. The maximum atomic E-state index is 13.6. The number of para-hydroxylation sites is 1. The number of aromatic nitrogens is 4. The maximum absolute atomic E-state index is 13.6. The van der Waals surface area contributed by atoms with Gasteiger partial charge in [0, 0.05) is 23.2 Å². The molecule has 0 bridgehead atoms. The molecule has 0 amide bonds. The highest BCUT2D eigenvalue weighted by atomic mass is 19.4. The normalized spacial score (nSPS) is 23.1. The fourth-order valence-corrected chi connectivity index (χ4v) is 3.59. The molecule has 0 atom stereocenters. The van der Waals surface area contributed by atoms with Crippen LogP contribution in [0, 0.1) is 0 Å². The van der Waals surface area contributed by atoms with Gasteiger partial charge in [-0.2, -0.15) is 18.3 Å². The summed E-state index contributed by atoms with van der Waals surface area (Å²) < 4.78 is 40.7. The third-order valence-corrected chi connectivity index (χ3v) is 5.25. The monoisotopic (exact) mass is 390 g/mol. The number of H-pyrrole nitrogens is 1. The van der Waals surface area contributed by atoms with Crippen LogP contribution in [0.25, 0.3) is 22.3 Å². The van der Waals surface area contributed by atoms with Gasteiger partial charge in [-0.15, -0.1) is 0 Å². The molecule has 1 aromatic carbocycles. The Bertz CT molecular complexity index is 985. The fourth-order valence-electron chi connectivity index (χ4n) is 3.59. The van der Waals surface area contributed by atoms with E-state index in [-0.39, 0.29) is 28.9 Å². The topological polar surface area (TPSA) is 92.5 Å². The summed E-state index contributed by atoms with van der Waals surface area (Å²) in [6, 6.07) is 7.09. The predicted octanol–water partition coefficient (Wildman–Crippen LogP) is 4.11. The molecule has 1 saturated carbocycles. The van der Waals surface area contributed by atoms with E-state index in [2.05, 4.69) is 25.5 Å². The number of nitrogens with zero attached hydrogens (tertiary/aromatic N) is 3. The van der Waals surface area contributed by atoms with Crippen LogP contribution >= 0.6 is 0 Å². The molecule has 28 heavy (non-hydrogen) atoms. The maximum Gasteiger partial charge on any atom is 0.420 e. The summed E-state index contributed by atoms with van der Waals surface area (Å²) in [5.74, 6) is 0.167. The zero-order valence-electron chi connectivity index (χ0n) is 15.3. The SMILES string of the molecule is CC1(N)CCC(Nc2ncc(C(F)(F)F)c(-c3n[nH]c4ccccc34)n2)CC1. The lowest BCUT2D eigenvalue weighted by Gasteiger charge is -2.34. The molecular formula is C19H21F3N6. The van der Waals surface area contributed by atoms with Gasteiger partial charge in [0.1, 0.15) is 17.0 Å². The van der Waals surface area contributed by atoms with E-state index in [1.165, 1.54) is 0 Å². The van der Waals surface area contributed by atoms with Gasteiger partial charge in [0.15, 0.2) is 0 Å². The summed E-state index contributed by atoms with van der Waals surface area (Å²) in [4.78, 5) is 8.12. The van der Waals surface area contributed by atoms with E-state index in [4.69, 9.17) is 5.73 Å². The van der Waals surface area contributed by atoms with Crippen molar-refractivity contribution in [1.29, 1.82) is 0 Å². The van der Waals surface area contributed by atoms with E-state index in [0.717, 1.165) is 31.9 Å². The molecule has 6 nitrogen and oxygen atoms in total. The van der Waals surface area contributed by atoms with E-state index in [1.807, 2.05) is 6.92 Å². The first kappa shape index (κ1) is 18.7. The Labute approximate surface area is 159 Å². The van der Waals surface area contributed by atoms with Crippen molar-refractivity contribution in [2.45, 2.75) is 50.4 Å². The Hall–Kier alpha value is -2.68. The van der Waals surface area contributed by atoms with Crippen molar-refractivity contribution in [3.8, 4) is 11.4 Å². The average molecular weight is 390 g/mol. The Morgan fingerprint density at radius 3 is 2.61 bits per heavy atom. The van der Waals surface area contributed by atoms with Gasteiger partial charge < -0.3 is 11.1 Å². The number of fused-ring (bicyclic) bond motifs is 1. The zero-order chi connectivity index (χ0) is 19.9. The van der Waals surface area contributed by atoms with Crippen molar-refractivity contribution in [3.63, 3.8) is 0 Å². The van der Waals surface area contributed by atoms with E-state index in [1.54, 1.807) is 24.3 Å². The van der Waals surface area contributed by atoms with Gasteiger partial charge >= 0.3 is 6.18 Å². The van der Waals surface area contributed by atoms with E-state index in [9.17, 15) is 13.2 Å². The number of hydrogen-bond acceptors (Lipinski definition) is 5. The minimum atomic E-state index is -4.58. The van der Waals surface area contributed by atoms with Crippen molar-refractivity contribution < 1.29 is 13.2 Å². The quantitative estimate of drug-likeness (QED) is 0.626. The molecule has 4 rings (SSSR count). The standard InChI is InChI=1S/C19H21F3N6/c1-18(23)8-6-11(7-9-18)25-17-24-10-13(19(20,21)22)16(26-17)15-12-4-2-3-5-14(12)27-28-15/h2-5,10-11H,6-9,23H2,1H3,(H,27,28)(H,24,25,26). The summed E-state index contributed by atoms with van der Waals surface area (Å²) in [5.41, 5.74) is 5.61. The number of nitrogens with two attached hydrogens (primary N) is 1. The van der Waals surface area contributed by atoms with E-state index >= 15 is 0 Å². The number of anilines is 1. The highest BCUT2D eigenvalue weighted by molar-refractivity contribution is 5.92. The van der Waals surface area contributed by atoms with E-state index in [0.29, 0.717) is 10.9 Å². The summed E-state index contributed by atoms with van der Waals surface area (Å²) in [7, 11) is 0. The van der Waals surface area contributed by atoms with Crippen LogP contribution in [-0.2, 0) is 6.18 Å². The molecular weight excluding hydrogens is 369 g/mol. The number of halogens is 3. The molecule has 0 saturated heterocycles. The first-order valence-corrected chi connectivity index (χ1v) is 9.16. The van der Waals surface area contributed by atoms with Gasteiger partial charge in [-0.25, -0.2) is 9.97 Å². The summed E-state index contributed by atoms with van der Waals surface area (Å²) in [5, 5.41) is 10.6. The van der Waals surface area contributed by atoms with Crippen molar-refractivity contribution in [2.24, 2.45) is 5.73 Å².